The predicted octanol–water partition coefficient (Wildman–Crippen LogP) is 1.78. The SMILES string of the molecule is Cc1cc2ncc(C#N)c(N3CCCN(CCNS(C)(=O)=O)CC3)c2cc1C. The fourth-order valence-electron chi connectivity index (χ4n) is 3.67. The van der Waals surface area contributed by atoms with Gasteiger partial charge in [-0.2, -0.15) is 5.26 Å². The van der Waals surface area contributed by atoms with E-state index < -0.39 is 10.0 Å². The molecule has 0 radical (unpaired) electrons. The lowest BCUT2D eigenvalue weighted by Gasteiger charge is -2.26. The van der Waals surface area contributed by atoms with E-state index in [0.717, 1.165) is 49.2 Å². The summed E-state index contributed by atoms with van der Waals surface area (Å²) >= 11 is 0. The number of benzene rings is 1. The number of nitriles is 1. The van der Waals surface area contributed by atoms with E-state index in [9.17, 15) is 13.7 Å². The summed E-state index contributed by atoms with van der Waals surface area (Å²) in [4.78, 5) is 9.03. The van der Waals surface area contributed by atoms with Crippen LogP contribution in [0.3, 0.4) is 0 Å². The summed E-state index contributed by atoms with van der Waals surface area (Å²) < 4.78 is 25.1. The molecule has 1 aromatic carbocycles. The summed E-state index contributed by atoms with van der Waals surface area (Å²) in [6, 6.07) is 6.52. The lowest BCUT2D eigenvalue weighted by Crippen LogP contribution is -2.37. The van der Waals surface area contributed by atoms with Crippen LogP contribution in [0.4, 0.5) is 5.69 Å². The molecule has 0 unspecified atom stereocenters. The molecule has 150 valence electrons. The Morgan fingerprint density at radius 2 is 1.93 bits per heavy atom. The van der Waals surface area contributed by atoms with Crippen LogP contribution in [0.5, 0.6) is 0 Å². The minimum Gasteiger partial charge on any atom is -0.369 e. The zero-order valence-electron chi connectivity index (χ0n) is 16.7. The zero-order chi connectivity index (χ0) is 20.3. The van der Waals surface area contributed by atoms with Gasteiger partial charge >= 0.3 is 0 Å². The molecule has 1 aromatic heterocycles. The molecule has 1 N–H and O–H groups in total. The number of hydrogen-bond donors (Lipinski definition) is 1. The van der Waals surface area contributed by atoms with Gasteiger partial charge in [0.05, 0.1) is 23.0 Å². The zero-order valence-corrected chi connectivity index (χ0v) is 17.5. The maximum Gasteiger partial charge on any atom is 0.208 e. The minimum atomic E-state index is -3.16. The van der Waals surface area contributed by atoms with Gasteiger partial charge in [-0.15, -0.1) is 0 Å². The molecule has 0 spiro atoms. The molecule has 7 nitrogen and oxygen atoms in total. The van der Waals surface area contributed by atoms with Crippen LogP contribution in [0.15, 0.2) is 18.3 Å². The predicted molar refractivity (Wildman–Crippen MR) is 112 cm³/mol. The molecule has 3 rings (SSSR count). The van der Waals surface area contributed by atoms with Gasteiger partial charge in [-0.05, 0) is 50.1 Å². The second-order valence-corrected chi connectivity index (χ2v) is 9.27. The van der Waals surface area contributed by atoms with Gasteiger partial charge in [-0.25, -0.2) is 13.1 Å². The average Bonchev–Trinajstić information content (AvgIpc) is 2.86. The smallest absolute Gasteiger partial charge is 0.208 e. The fraction of sp³-hybridized carbons (Fsp3) is 0.500. The summed E-state index contributed by atoms with van der Waals surface area (Å²) in [5.41, 5.74) is 4.86. The Balaban J connectivity index is 1.83. The molecule has 2 heterocycles. The number of aromatic nitrogens is 1. The Labute approximate surface area is 167 Å². The first kappa shape index (κ1) is 20.5. The molecular formula is C20H27N5O2S. The normalized spacial score (nSPS) is 16.1. The van der Waals surface area contributed by atoms with Gasteiger partial charge < -0.3 is 9.80 Å². The van der Waals surface area contributed by atoms with Crippen molar-refractivity contribution in [2.24, 2.45) is 0 Å². The molecule has 1 saturated heterocycles. The number of pyridine rings is 1. The molecule has 0 atom stereocenters. The fourth-order valence-corrected chi connectivity index (χ4v) is 4.13. The third-order valence-corrected chi connectivity index (χ3v) is 6.00. The molecule has 0 aliphatic carbocycles. The summed E-state index contributed by atoms with van der Waals surface area (Å²) in [7, 11) is -3.16. The van der Waals surface area contributed by atoms with E-state index in [1.165, 1.54) is 17.4 Å². The third-order valence-electron chi connectivity index (χ3n) is 5.27. The van der Waals surface area contributed by atoms with Gasteiger partial charge in [0.25, 0.3) is 0 Å². The number of rotatable bonds is 5. The first-order chi connectivity index (χ1) is 13.3. The van der Waals surface area contributed by atoms with Crippen LogP contribution in [0.2, 0.25) is 0 Å². The molecule has 28 heavy (non-hydrogen) atoms. The minimum absolute atomic E-state index is 0.416. The molecule has 2 aromatic rings. The number of anilines is 1. The van der Waals surface area contributed by atoms with Crippen LogP contribution in [-0.4, -0.2) is 63.8 Å². The number of fused-ring (bicyclic) bond motifs is 1. The second-order valence-electron chi connectivity index (χ2n) is 7.43. The molecule has 1 fully saturated rings. The highest BCUT2D eigenvalue weighted by atomic mass is 32.2. The molecular weight excluding hydrogens is 374 g/mol. The first-order valence-electron chi connectivity index (χ1n) is 9.50. The highest BCUT2D eigenvalue weighted by Crippen LogP contribution is 2.31. The van der Waals surface area contributed by atoms with E-state index in [0.29, 0.717) is 18.7 Å². The van der Waals surface area contributed by atoms with E-state index in [2.05, 4.69) is 51.6 Å². The van der Waals surface area contributed by atoms with Crippen molar-refractivity contribution in [1.82, 2.24) is 14.6 Å². The molecule has 8 heteroatoms. The van der Waals surface area contributed by atoms with E-state index in [1.807, 2.05) is 0 Å². The molecule has 1 aliphatic rings. The van der Waals surface area contributed by atoms with Crippen LogP contribution < -0.4 is 9.62 Å². The monoisotopic (exact) mass is 401 g/mol. The van der Waals surface area contributed by atoms with Crippen molar-refractivity contribution in [2.45, 2.75) is 20.3 Å². The van der Waals surface area contributed by atoms with Gasteiger partial charge in [0.1, 0.15) is 6.07 Å². The summed E-state index contributed by atoms with van der Waals surface area (Å²) in [5.74, 6) is 0. The van der Waals surface area contributed by atoms with Crippen molar-refractivity contribution < 1.29 is 8.42 Å². The van der Waals surface area contributed by atoms with E-state index in [-0.39, 0.29) is 0 Å². The van der Waals surface area contributed by atoms with Crippen molar-refractivity contribution in [3.63, 3.8) is 0 Å². The quantitative estimate of drug-likeness (QED) is 0.822. The van der Waals surface area contributed by atoms with E-state index >= 15 is 0 Å². The topological polar surface area (TPSA) is 89.3 Å². The lowest BCUT2D eigenvalue weighted by atomic mass is 10.0. The van der Waals surface area contributed by atoms with Crippen LogP contribution in [0, 0.1) is 25.2 Å². The molecule has 0 bridgehead atoms. The van der Waals surface area contributed by atoms with Gasteiger partial charge in [-0.1, -0.05) is 0 Å². The van der Waals surface area contributed by atoms with E-state index in [1.54, 1.807) is 6.20 Å². The van der Waals surface area contributed by atoms with Crippen molar-refractivity contribution >= 4 is 26.6 Å². The average molecular weight is 402 g/mol. The Kier molecular flexibility index (Phi) is 6.18. The van der Waals surface area contributed by atoms with Crippen molar-refractivity contribution in [1.29, 1.82) is 5.26 Å². The Morgan fingerprint density at radius 1 is 1.18 bits per heavy atom. The van der Waals surface area contributed by atoms with Gasteiger partial charge in [0, 0.05) is 44.3 Å². The van der Waals surface area contributed by atoms with Gasteiger partial charge in [0.2, 0.25) is 10.0 Å². The third kappa shape index (κ3) is 4.79. The maximum absolute atomic E-state index is 11.2. The molecule has 0 amide bonds. The van der Waals surface area contributed by atoms with Crippen LogP contribution in [0.1, 0.15) is 23.1 Å². The Hall–Kier alpha value is -2.21. The number of sulfonamides is 1. The van der Waals surface area contributed by atoms with Gasteiger partial charge in [0.15, 0.2) is 0 Å². The Morgan fingerprint density at radius 3 is 2.64 bits per heavy atom. The molecule has 1 aliphatic heterocycles. The lowest BCUT2D eigenvalue weighted by molar-refractivity contribution is 0.298. The Bertz CT molecular complexity index is 1010. The van der Waals surface area contributed by atoms with Crippen LogP contribution in [-0.2, 0) is 10.0 Å². The highest BCUT2D eigenvalue weighted by Gasteiger charge is 2.20. The molecule has 0 saturated carbocycles. The van der Waals surface area contributed by atoms with Crippen molar-refractivity contribution in [2.75, 3.05) is 50.4 Å². The number of hydrogen-bond acceptors (Lipinski definition) is 6. The standard InChI is InChI=1S/C20H27N5O2S/c1-15-11-18-19(12-16(15)2)22-14-17(13-21)20(18)25-7-4-6-24(9-10-25)8-5-23-28(3,26)27/h11-12,14,23H,4-10H2,1-3H3. The number of aryl methyl sites for hydroxylation is 2. The van der Waals surface area contributed by atoms with Gasteiger partial charge in [-0.3, -0.25) is 4.98 Å². The van der Waals surface area contributed by atoms with Crippen molar-refractivity contribution in [3.05, 3.63) is 35.0 Å². The summed E-state index contributed by atoms with van der Waals surface area (Å²) in [6.07, 6.45) is 3.81. The number of nitrogens with zero attached hydrogens (tertiary/aromatic N) is 4. The van der Waals surface area contributed by atoms with Crippen LogP contribution >= 0.6 is 0 Å². The highest BCUT2D eigenvalue weighted by molar-refractivity contribution is 7.88. The number of nitrogens with one attached hydrogen (secondary N) is 1. The van der Waals surface area contributed by atoms with Crippen molar-refractivity contribution in [3.8, 4) is 6.07 Å². The second kappa shape index (κ2) is 8.43. The summed E-state index contributed by atoms with van der Waals surface area (Å²) in [6.45, 7) is 8.63. The first-order valence-corrected chi connectivity index (χ1v) is 11.4. The summed E-state index contributed by atoms with van der Waals surface area (Å²) in [5, 5.41) is 10.7. The van der Waals surface area contributed by atoms with E-state index in [4.69, 9.17) is 0 Å². The maximum atomic E-state index is 11.2. The largest absolute Gasteiger partial charge is 0.369 e. The van der Waals surface area contributed by atoms with Crippen LogP contribution in [0.25, 0.3) is 10.9 Å².